The molecule has 18 heavy (non-hydrogen) atoms. The van der Waals surface area contributed by atoms with Crippen molar-refractivity contribution in [2.24, 2.45) is 0 Å². The van der Waals surface area contributed by atoms with Crippen LogP contribution in [0, 0.1) is 0 Å². The van der Waals surface area contributed by atoms with Gasteiger partial charge >= 0.3 is 0 Å². The summed E-state index contributed by atoms with van der Waals surface area (Å²) in [5, 5.41) is 6.56. The summed E-state index contributed by atoms with van der Waals surface area (Å²) in [6, 6.07) is 8.30. The van der Waals surface area contributed by atoms with Gasteiger partial charge in [0.15, 0.2) is 0 Å². The van der Waals surface area contributed by atoms with Crippen molar-refractivity contribution >= 4 is 17.7 Å². The van der Waals surface area contributed by atoms with Gasteiger partial charge in [-0.1, -0.05) is 18.2 Å². The van der Waals surface area contributed by atoms with E-state index in [1.54, 1.807) is 11.8 Å². The fraction of sp³-hybridized carbons (Fsp3) is 0.500. The highest BCUT2D eigenvalue weighted by Crippen LogP contribution is 2.37. The lowest BCUT2D eigenvalue weighted by molar-refractivity contribution is -0.122. The van der Waals surface area contributed by atoms with Crippen LogP contribution < -0.4 is 10.6 Å². The number of nitrogens with one attached hydrogen (secondary N) is 2. The second-order valence-corrected chi connectivity index (χ2v) is 6.64. The highest BCUT2D eigenvalue weighted by molar-refractivity contribution is 8.01. The topological polar surface area (TPSA) is 41.1 Å². The molecule has 0 aromatic heterocycles. The van der Waals surface area contributed by atoms with Crippen molar-refractivity contribution in [2.75, 3.05) is 13.1 Å². The molecule has 96 valence electrons. The van der Waals surface area contributed by atoms with E-state index in [0.29, 0.717) is 0 Å². The molecule has 1 aromatic carbocycles. The Morgan fingerprint density at radius 3 is 3.06 bits per heavy atom. The maximum atomic E-state index is 12.3. The molecule has 1 aromatic rings. The van der Waals surface area contributed by atoms with Gasteiger partial charge in [0, 0.05) is 11.4 Å². The van der Waals surface area contributed by atoms with Gasteiger partial charge in [-0.25, -0.2) is 0 Å². The largest absolute Gasteiger partial charge is 0.349 e. The fourth-order valence-corrected chi connectivity index (χ4v) is 3.83. The number of rotatable bonds is 2. The average molecular weight is 262 g/mol. The number of fused-ring (bicyclic) bond motifs is 1. The zero-order chi connectivity index (χ0) is 12.6. The molecule has 2 aliphatic heterocycles. The summed E-state index contributed by atoms with van der Waals surface area (Å²) < 4.78 is 0. The van der Waals surface area contributed by atoms with Gasteiger partial charge in [-0.2, -0.15) is 0 Å². The summed E-state index contributed by atoms with van der Waals surface area (Å²) in [4.78, 5) is 13.6. The van der Waals surface area contributed by atoms with Crippen LogP contribution in [0.4, 0.5) is 0 Å². The maximum Gasteiger partial charge on any atom is 0.234 e. The Morgan fingerprint density at radius 1 is 1.50 bits per heavy atom. The fourth-order valence-electron chi connectivity index (χ4n) is 2.63. The van der Waals surface area contributed by atoms with Gasteiger partial charge in [0.05, 0.1) is 10.8 Å². The lowest BCUT2D eigenvalue weighted by atomic mass is 10.0. The Bertz CT molecular complexity index is 444. The van der Waals surface area contributed by atoms with Crippen LogP contribution in [0.1, 0.15) is 18.9 Å². The van der Waals surface area contributed by atoms with Crippen molar-refractivity contribution in [3.05, 3.63) is 29.8 Å². The van der Waals surface area contributed by atoms with Crippen LogP contribution in [0.15, 0.2) is 29.2 Å². The summed E-state index contributed by atoms with van der Waals surface area (Å²) >= 11 is 1.69. The predicted molar refractivity (Wildman–Crippen MR) is 73.8 cm³/mol. The third-order valence-corrected chi connectivity index (χ3v) is 5.05. The highest BCUT2D eigenvalue weighted by atomic mass is 32.2. The van der Waals surface area contributed by atoms with Crippen LogP contribution in [0.25, 0.3) is 0 Å². The maximum absolute atomic E-state index is 12.3. The molecule has 4 heteroatoms. The summed E-state index contributed by atoms with van der Waals surface area (Å²) in [5.74, 6) is 0.183. The van der Waals surface area contributed by atoms with Gasteiger partial charge in [0.2, 0.25) is 5.91 Å². The van der Waals surface area contributed by atoms with Crippen molar-refractivity contribution in [1.29, 1.82) is 0 Å². The van der Waals surface area contributed by atoms with E-state index in [4.69, 9.17) is 0 Å². The minimum atomic E-state index is -0.0631. The van der Waals surface area contributed by atoms with Crippen LogP contribution in [0.3, 0.4) is 0 Å². The smallest absolute Gasteiger partial charge is 0.234 e. The average Bonchev–Trinajstić information content (AvgIpc) is 2.95. The Morgan fingerprint density at radius 2 is 2.33 bits per heavy atom. The Balaban J connectivity index is 1.65. The molecular weight excluding hydrogens is 244 g/mol. The molecule has 2 unspecified atom stereocenters. The van der Waals surface area contributed by atoms with Crippen molar-refractivity contribution < 1.29 is 4.79 Å². The summed E-state index contributed by atoms with van der Waals surface area (Å²) in [6.07, 6.45) is 1.87. The van der Waals surface area contributed by atoms with Crippen LogP contribution in [-0.2, 0) is 11.2 Å². The first-order valence-corrected chi connectivity index (χ1v) is 7.32. The zero-order valence-electron chi connectivity index (χ0n) is 10.5. The number of carbonyl (C=O) groups excluding carboxylic acids is 1. The third kappa shape index (κ3) is 2.27. The molecule has 1 amide bonds. The first-order valence-electron chi connectivity index (χ1n) is 6.44. The predicted octanol–water partition coefficient (Wildman–Crippen LogP) is 1.57. The van der Waals surface area contributed by atoms with Gasteiger partial charge in [0.25, 0.3) is 0 Å². The number of hydrogen-bond donors (Lipinski definition) is 2. The molecule has 0 saturated carbocycles. The van der Waals surface area contributed by atoms with Crippen LogP contribution >= 0.6 is 11.8 Å². The molecule has 1 saturated heterocycles. The van der Waals surface area contributed by atoms with E-state index < -0.39 is 0 Å². The third-order valence-electron chi connectivity index (χ3n) is 3.73. The number of thioether (sulfide) groups is 1. The van der Waals surface area contributed by atoms with E-state index in [2.05, 4.69) is 29.7 Å². The second-order valence-electron chi connectivity index (χ2n) is 5.40. The first kappa shape index (κ1) is 12.1. The van der Waals surface area contributed by atoms with Gasteiger partial charge in [-0.05, 0) is 37.9 Å². The van der Waals surface area contributed by atoms with Crippen LogP contribution in [0.5, 0.6) is 0 Å². The first-order chi connectivity index (χ1) is 8.66. The molecule has 2 atom stereocenters. The summed E-state index contributed by atoms with van der Waals surface area (Å²) in [5.41, 5.74) is 1.24. The van der Waals surface area contributed by atoms with E-state index in [1.807, 2.05) is 12.1 Å². The number of carbonyl (C=O) groups is 1. The van der Waals surface area contributed by atoms with E-state index >= 15 is 0 Å². The molecule has 0 spiro atoms. The number of benzene rings is 1. The van der Waals surface area contributed by atoms with Crippen LogP contribution in [-0.4, -0.2) is 29.8 Å². The monoisotopic (exact) mass is 262 g/mol. The van der Waals surface area contributed by atoms with Crippen molar-refractivity contribution in [3.8, 4) is 0 Å². The van der Waals surface area contributed by atoms with E-state index in [1.165, 1.54) is 10.5 Å². The normalized spacial score (nSPS) is 30.2. The Hall–Kier alpha value is -1.00. The molecule has 1 fully saturated rings. The standard InChI is InChI=1S/C14H18N2OS/c1-14(6-7-15-9-14)16-13(17)12-8-10-4-2-3-5-11(10)18-12/h2-5,12,15H,6-9H2,1H3,(H,16,17). The van der Waals surface area contributed by atoms with Crippen molar-refractivity contribution in [3.63, 3.8) is 0 Å². The lowest BCUT2D eigenvalue weighted by Gasteiger charge is -2.26. The molecule has 3 nitrogen and oxygen atoms in total. The Labute approximate surface area is 112 Å². The lowest BCUT2D eigenvalue weighted by Crippen LogP contribution is -2.50. The summed E-state index contributed by atoms with van der Waals surface area (Å²) in [7, 11) is 0. The zero-order valence-corrected chi connectivity index (χ0v) is 11.3. The quantitative estimate of drug-likeness (QED) is 0.850. The molecule has 0 bridgehead atoms. The summed E-state index contributed by atoms with van der Waals surface area (Å²) in [6.45, 7) is 4.00. The molecule has 2 N–H and O–H groups in total. The second kappa shape index (κ2) is 4.59. The highest BCUT2D eigenvalue weighted by Gasteiger charge is 2.35. The molecule has 0 radical (unpaired) electrons. The molecule has 3 rings (SSSR count). The molecule has 2 aliphatic rings. The van der Waals surface area contributed by atoms with Crippen molar-refractivity contribution in [1.82, 2.24) is 10.6 Å². The number of hydrogen-bond acceptors (Lipinski definition) is 3. The minimum absolute atomic E-state index is 0.0415. The van der Waals surface area contributed by atoms with Gasteiger partial charge in [-0.3, -0.25) is 4.79 Å². The van der Waals surface area contributed by atoms with E-state index in [0.717, 1.165) is 25.9 Å². The SMILES string of the molecule is CC1(NC(=O)C2Cc3ccccc3S2)CCNC1. The Kier molecular flexibility index (Phi) is 3.08. The number of amides is 1. The van der Waals surface area contributed by atoms with Gasteiger partial charge in [-0.15, -0.1) is 11.8 Å². The van der Waals surface area contributed by atoms with E-state index in [-0.39, 0.29) is 16.7 Å². The molecule has 0 aliphatic carbocycles. The van der Waals surface area contributed by atoms with Crippen molar-refractivity contribution in [2.45, 2.75) is 35.4 Å². The molecule has 2 heterocycles. The molecular formula is C14H18N2OS. The van der Waals surface area contributed by atoms with E-state index in [9.17, 15) is 4.79 Å². The van der Waals surface area contributed by atoms with Gasteiger partial charge < -0.3 is 10.6 Å². The minimum Gasteiger partial charge on any atom is -0.349 e. The van der Waals surface area contributed by atoms with Crippen LogP contribution in [0.2, 0.25) is 0 Å². The van der Waals surface area contributed by atoms with Gasteiger partial charge in [0.1, 0.15) is 0 Å².